The van der Waals surface area contributed by atoms with Crippen molar-refractivity contribution in [2.45, 2.75) is 143 Å². The molecule has 45 heavy (non-hydrogen) atoms. The largest absolute Gasteiger partial charge is 0.500 e. The fraction of sp³-hybridized carbons (Fsp3) is 0.882. The Kier molecular flexibility index (Phi) is 28.0. The molecule has 0 saturated heterocycles. The SMILES string of the molecule is C=C(C)C(=O)OC(C)COC(C)COC(C)COCCCC(=O)OCCCCCCCCCCC[Si](OCC)(OCC)OCC. The van der Waals surface area contributed by atoms with Gasteiger partial charge in [0, 0.05) is 44.5 Å². The monoisotopic (exact) mass is 662 g/mol. The lowest BCUT2D eigenvalue weighted by Gasteiger charge is -2.28. The van der Waals surface area contributed by atoms with Crippen molar-refractivity contribution in [1.29, 1.82) is 0 Å². The van der Waals surface area contributed by atoms with Gasteiger partial charge in [-0.15, -0.1) is 0 Å². The maximum absolute atomic E-state index is 12.0. The predicted octanol–water partition coefficient (Wildman–Crippen LogP) is 7.20. The molecule has 0 N–H and O–H groups in total. The van der Waals surface area contributed by atoms with Gasteiger partial charge in [-0.05, 0) is 67.7 Å². The number of hydrogen-bond acceptors (Lipinski definition) is 10. The van der Waals surface area contributed by atoms with E-state index in [1.54, 1.807) is 13.8 Å². The van der Waals surface area contributed by atoms with Crippen molar-refractivity contribution in [3.8, 4) is 0 Å². The van der Waals surface area contributed by atoms with E-state index >= 15 is 0 Å². The lowest BCUT2D eigenvalue weighted by atomic mass is 10.1. The summed E-state index contributed by atoms with van der Waals surface area (Å²) < 4.78 is 45.4. The van der Waals surface area contributed by atoms with Gasteiger partial charge in [0.1, 0.15) is 6.10 Å². The molecule has 0 aromatic rings. The molecule has 266 valence electrons. The van der Waals surface area contributed by atoms with Crippen LogP contribution in [0.3, 0.4) is 0 Å². The highest BCUT2D eigenvalue weighted by molar-refractivity contribution is 6.60. The number of carbonyl (C=O) groups excluding carboxylic acids is 2. The van der Waals surface area contributed by atoms with Crippen molar-refractivity contribution in [2.24, 2.45) is 0 Å². The number of ether oxygens (including phenoxy) is 5. The lowest BCUT2D eigenvalue weighted by Crippen LogP contribution is -2.45. The molecule has 0 amide bonds. The summed E-state index contributed by atoms with van der Waals surface area (Å²) in [4.78, 5) is 23.5. The number of esters is 2. The van der Waals surface area contributed by atoms with Crippen LogP contribution in [0.4, 0.5) is 0 Å². The van der Waals surface area contributed by atoms with Gasteiger partial charge >= 0.3 is 20.7 Å². The summed E-state index contributed by atoms with van der Waals surface area (Å²) in [6.07, 6.45) is 10.8. The van der Waals surface area contributed by atoms with E-state index in [4.69, 9.17) is 37.0 Å². The zero-order valence-corrected chi connectivity index (χ0v) is 30.7. The van der Waals surface area contributed by atoms with Crippen LogP contribution in [-0.2, 0) is 46.6 Å². The fourth-order valence-electron chi connectivity index (χ4n) is 4.52. The third-order valence-corrected chi connectivity index (χ3v) is 10.0. The van der Waals surface area contributed by atoms with Crippen LogP contribution < -0.4 is 0 Å². The van der Waals surface area contributed by atoms with Crippen LogP contribution in [-0.4, -0.2) is 91.9 Å². The first-order valence-electron chi connectivity index (χ1n) is 17.3. The second-order valence-corrected chi connectivity index (χ2v) is 14.3. The maximum atomic E-state index is 12.0. The molecular formula is C34H66O10Si. The second kappa shape index (κ2) is 28.8. The van der Waals surface area contributed by atoms with E-state index in [0.29, 0.717) is 64.7 Å². The highest BCUT2D eigenvalue weighted by Gasteiger charge is 2.39. The normalized spacial score (nSPS) is 13.8. The van der Waals surface area contributed by atoms with E-state index in [2.05, 4.69) is 6.58 Å². The van der Waals surface area contributed by atoms with Crippen LogP contribution in [0.25, 0.3) is 0 Å². The standard InChI is InChI=1S/C34H66O10Si/c1-9-41-45(42-10-2,43-11-3)25-20-18-16-14-12-13-15-17-19-24-38-33(35)22-21-23-37-26-30(6)39-27-31(7)40-28-32(8)44-34(36)29(4)5/h30-32H,4,9-28H2,1-3,5-8H3. The van der Waals surface area contributed by atoms with Crippen molar-refractivity contribution >= 4 is 20.7 Å². The molecule has 0 aliphatic heterocycles. The summed E-state index contributed by atoms with van der Waals surface area (Å²) in [6, 6.07) is 0.901. The van der Waals surface area contributed by atoms with E-state index in [0.717, 1.165) is 25.3 Å². The minimum Gasteiger partial charge on any atom is -0.466 e. The Bertz CT molecular complexity index is 733. The van der Waals surface area contributed by atoms with Crippen molar-refractivity contribution in [2.75, 3.05) is 52.9 Å². The summed E-state index contributed by atoms with van der Waals surface area (Å²) >= 11 is 0. The third-order valence-electron chi connectivity index (χ3n) is 6.89. The van der Waals surface area contributed by atoms with Crippen LogP contribution >= 0.6 is 0 Å². The van der Waals surface area contributed by atoms with E-state index in [1.807, 2.05) is 34.6 Å². The van der Waals surface area contributed by atoms with E-state index < -0.39 is 14.8 Å². The average Bonchev–Trinajstić information content (AvgIpc) is 2.99. The van der Waals surface area contributed by atoms with Crippen LogP contribution in [0.5, 0.6) is 0 Å². The Balaban J connectivity index is 3.64. The molecule has 10 nitrogen and oxygen atoms in total. The summed E-state index contributed by atoms with van der Waals surface area (Å²) in [6.45, 7) is 20.8. The van der Waals surface area contributed by atoms with E-state index in [9.17, 15) is 9.59 Å². The smallest absolute Gasteiger partial charge is 0.466 e. The van der Waals surface area contributed by atoms with Crippen LogP contribution in [0.15, 0.2) is 12.2 Å². The number of unbranched alkanes of at least 4 members (excludes halogenated alkanes) is 8. The molecular weight excluding hydrogens is 596 g/mol. The zero-order valence-electron chi connectivity index (χ0n) is 29.7. The number of hydrogen-bond donors (Lipinski definition) is 0. The Morgan fingerprint density at radius 2 is 1.13 bits per heavy atom. The minimum absolute atomic E-state index is 0.101. The second-order valence-electron chi connectivity index (χ2n) is 11.6. The van der Waals surface area contributed by atoms with Crippen LogP contribution in [0.1, 0.15) is 119 Å². The van der Waals surface area contributed by atoms with Crippen molar-refractivity contribution in [3.63, 3.8) is 0 Å². The molecule has 0 aromatic carbocycles. The highest BCUT2D eigenvalue weighted by atomic mass is 28.4. The summed E-state index contributed by atoms with van der Waals surface area (Å²) in [7, 11) is -2.49. The van der Waals surface area contributed by atoms with Crippen molar-refractivity contribution < 1.29 is 46.6 Å². The van der Waals surface area contributed by atoms with Gasteiger partial charge in [-0.25, -0.2) is 4.79 Å². The molecule has 0 spiro atoms. The number of carbonyl (C=O) groups is 2. The summed E-state index contributed by atoms with van der Waals surface area (Å²) in [5.41, 5.74) is 0.364. The summed E-state index contributed by atoms with van der Waals surface area (Å²) in [5, 5.41) is 0. The van der Waals surface area contributed by atoms with Gasteiger partial charge in [-0.2, -0.15) is 0 Å². The van der Waals surface area contributed by atoms with E-state index in [1.165, 1.54) is 38.5 Å². The van der Waals surface area contributed by atoms with Crippen molar-refractivity contribution in [1.82, 2.24) is 0 Å². The van der Waals surface area contributed by atoms with Gasteiger partial charge in [0.05, 0.1) is 38.6 Å². The minimum atomic E-state index is -2.49. The highest BCUT2D eigenvalue weighted by Crippen LogP contribution is 2.21. The van der Waals surface area contributed by atoms with Gasteiger partial charge in [-0.1, -0.05) is 51.5 Å². The van der Waals surface area contributed by atoms with Gasteiger partial charge in [0.2, 0.25) is 0 Å². The summed E-state index contributed by atoms with van der Waals surface area (Å²) in [5.74, 6) is -0.584. The molecule has 0 radical (unpaired) electrons. The van der Waals surface area contributed by atoms with Gasteiger partial charge in [0.15, 0.2) is 0 Å². The quantitative estimate of drug-likeness (QED) is 0.0318. The predicted molar refractivity (Wildman–Crippen MR) is 179 cm³/mol. The Labute approximate surface area is 275 Å². The molecule has 0 bridgehead atoms. The molecule has 3 unspecified atom stereocenters. The first-order chi connectivity index (χ1) is 21.6. The molecule has 0 aromatic heterocycles. The molecule has 0 rings (SSSR count). The first-order valence-corrected chi connectivity index (χ1v) is 19.3. The average molecular weight is 663 g/mol. The van der Waals surface area contributed by atoms with Crippen molar-refractivity contribution in [3.05, 3.63) is 12.2 Å². The number of rotatable bonds is 32. The topological polar surface area (TPSA) is 108 Å². The molecule has 0 heterocycles. The molecule has 3 atom stereocenters. The van der Waals surface area contributed by atoms with Crippen LogP contribution in [0, 0.1) is 0 Å². The van der Waals surface area contributed by atoms with Gasteiger partial charge < -0.3 is 37.0 Å². The third kappa shape index (κ3) is 25.4. The Morgan fingerprint density at radius 1 is 0.644 bits per heavy atom. The Hall–Kier alpha value is -1.34. The molecule has 0 aliphatic rings. The van der Waals surface area contributed by atoms with Gasteiger partial charge in [0.25, 0.3) is 0 Å². The van der Waals surface area contributed by atoms with Gasteiger partial charge in [-0.3, -0.25) is 4.79 Å². The van der Waals surface area contributed by atoms with E-state index in [-0.39, 0.29) is 30.9 Å². The lowest BCUT2D eigenvalue weighted by molar-refractivity contribution is -0.148. The van der Waals surface area contributed by atoms with Crippen LogP contribution in [0.2, 0.25) is 6.04 Å². The molecule has 11 heteroatoms. The fourth-order valence-corrected chi connectivity index (χ4v) is 7.21. The molecule has 0 fully saturated rings. The zero-order chi connectivity index (χ0) is 33.8. The maximum Gasteiger partial charge on any atom is 0.500 e. The molecule has 0 aliphatic carbocycles. The molecule has 0 saturated carbocycles. The first kappa shape index (κ1) is 43.7. The Morgan fingerprint density at radius 3 is 1.67 bits per heavy atom.